The van der Waals surface area contributed by atoms with Gasteiger partial charge in [0.05, 0.1) is 5.56 Å². The van der Waals surface area contributed by atoms with Crippen molar-refractivity contribution in [2.45, 2.75) is 19.3 Å². The van der Waals surface area contributed by atoms with Crippen molar-refractivity contribution in [1.82, 2.24) is 0 Å². The minimum absolute atomic E-state index is 0.282. The molecule has 0 fully saturated rings. The van der Waals surface area contributed by atoms with Crippen molar-refractivity contribution in [3.05, 3.63) is 35.4 Å². The van der Waals surface area contributed by atoms with Crippen LogP contribution in [0.1, 0.15) is 28.8 Å². The maximum absolute atomic E-state index is 10.9. The number of unbranched alkanes of at least 4 members (excludes halogenated alkanes) is 1. The van der Waals surface area contributed by atoms with Crippen molar-refractivity contribution in [3.63, 3.8) is 0 Å². The van der Waals surface area contributed by atoms with Crippen LogP contribution in [0.2, 0.25) is 0 Å². The Morgan fingerprint density at radius 3 is 2.56 bits per heavy atom. The Bertz CT molecular complexity index is 389. The lowest BCUT2D eigenvalue weighted by atomic mass is 10.0. The summed E-state index contributed by atoms with van der Waals surface area (Å²) in [6.45, 7) is 0. The van der Waals surface area contributed by atoms with Crippen LogP contribution in [0.25, 0.3) is 0 Å². The zero-order chi connectivity index (χ0) is 12.0. The number of benzene rings is 1. The van der Waals surface area contributed by atoms with Crippen LogP contribution < -0.4 is 0 Å². The highest BCUT2D eigenvalue weighted by Crippen LogP contribution is 2.17. The van der Waals surface area contributed by atoms with Crippen LogP contribution in [0, 0.1) is 0 Å². The second-order valence-corrected chi connectivity index (χ2v) is 4.65. The maximum Gasteiger partial charge on any atom is 0.505 e. The zero-order valence-corrected chi connectivity index (χ0v) is 9.69. The molecular weight excluding hydrogens is 227 g/mol. The van der Waals surface area contributed by atoms with E-state index in [1.807, 2.05) is 0 Å². The minimum atomic E-state index is -2.07. The van der Waals surface area contributed by atoms with Crippen LogP contribution in [0.15, 0.2) is 24.3 Å². The smallest absolute Gasteiger partial charge is 0.478 e. The summed E-state index contributed by atoms with van der Waals surface area (Å²) in [5.74, 6) is -0.927. The predicted octanol–water partition coefficient (Wildman–Crippen LogP) is 2.44. The Kier molecular flexibility index (Phi) is 5.09. The highest BCUT2D eigenvalue weighted by Gasteiger charge is 2.11. The fourth-order valence-corrected chi connectivity index (χ4v) is 2.00. The second kappa shape index (κ2) is 6.36. The normalized spacial score (nSPS) is 11.2. The van der Waals surface area contributed by atoms with Crippen molar-refractivity contribution in [3.8, 4) is 0 Å². The van der Waals surface area contributed by atoms with Crippen molar-refractivity contribution in [1.29, 1.82) is 0 Å². The second-order valence-electron chi connectivity index (χ2n) is 3.50. The average Bonchev–Trinajstić information content (AvgIpc) is 2.24. The van der Waals surface area contributed by atoms with Crippen LogP contribution in [0.3, 0.4) is 0 Å². The molecule has 1 rings (SSSR count). The monoisotopic (exact) mass is 241 g/mol. The van der Waals surface area contributed by atoms with Gasteiger partial charge in [-0.15, -0.1) is 0 Å². The number of aromatic carboxylic acids is 1. The molecule has 0 aliphatic carbocycles. The molecule has 1 aromatic carbocycles. The first-order chi connectivity index (χ1) is 7.61. The highest BCUT2D eigenvalue weighted by molar-refractivity contribution is 7.37. The van der Waals surface area contributed by atoms with Crippen molar-refractivity contribution in [2.24, 2.45) is 0 Å². The molecule has 1 aromatic rings. The number of aryl methyl sites for hydroxylation is 1. The van der Waals surface area contributed by atoms with Gasteiger partial charge in [-0.05, 0) is 35.5 Å². The van der Waals surface area contributed by atoms with Crippen molar-refractivity contribution >= 4 is 14.0 Å². The third-order valence-corrected chi connectivity index (χ3v) is 2.99. The number of carboxylic acid groups (broad SMARTS) is 1. The van der Waals surface area contributed by atoms with Gasteiger partial charge in [-0.1, -0.05) is 18.2 Å². The summed E-state index contributed by atoms with van der Waals surface area (Å²) < 4.78 is 10.4. The largest absolute Gasteiger partial charge is 0.505 e. The van der Waals surface area contributed by atoms with E-state index in [1.165, 1.54) is 0 Å². The molecule has 0 radical (unpaired) electrons. The standard InChI is InChI=1S/C11H13O4P/c12-11(13)10-7-2-1-5-9(10)6-3-4-8-16(14)15/h1-2,5,7H,3-4,6,8H2,(H-,12,13,14,15)/p+1. The summed E-state index contributed by atoms with van der Waals surface area (Å²) in [7, 11) is -2.07. The van der Waals surface area contributed by atoms with Gasteiger partial charge in [0.25, 0.3) is 0 Å². The molecule has 1 atom stereocenters. The summed E-state index contributed by atoms with van der Waals surface area (Å²) in [5.41, 5.74) is 1.10. The Morgan fingerprint density at radius 2 is 1.94 bits per heavy atom. The first kappa shape index (κ1) is 12.8. The lowest BCUT2D eigenvalue weighted by molar-refractivity contribution is 0.0695. The lowest BCUT2D eigenvalue weighted by Gasteiger charge is -2.03. The Morgan fingerprint density at radius 1 is 1.25 bits per heavy atom. The Balaban J connectivity index is 2.53. The third kappa shape index (κ3) is 4.09. The summed E-state index contributed by atoms with van der Waals surface area (Å²) in [4.78, 5) is 19.5. The first-order valence-electron chi connectivity index (χ1n) is 5.06. The molecule has 0 saturated carbocycles. The zero-order valence-electron chi connectivity index (χ0n) is 8.80. The van der Waals surface area contributed by atoms with Gasteiger partial charge in [-0.25, -0.2) is 4.79 Å². The molecular formula is C11H14O4P+. The first-order valence-corrected chi connectivity index (χ1v) is 6.46. The summed E-state index contributed by atoms with van der Waals surface area (Å²) in [6.07, 6.45) is 2.28. The molecule has 0 aromatic heterocycles. The molecule has 0 spiro atoms. The van der Waals surface area contributed by atoms with Crippen LogP contribution in [0.5, 0.6) is 0 Å². The Labute approximate surface area is 94.8 Å². The fraction of sp³-hybridized carbons (Fsp3) is 0.364. The van der Waals surface area contributed by atoms with Crippen LogP contribution >= 0.6 is 8.03 Å². The Hall–Kier alpha value is -1.25. The van der Waals surface area contributed by atoms with E-state index in [1.54, 1.807) is 24.3 Å². The highest BCUT2D eigenvalue weighted by atomic mass is 31.1. The van der Waals surface area contributed by atoms with Crippen LogP contribution in [-0.2, 0) is 11.0 Å². The van der Waals surface area contributed by atoms with Gasteiger partial charge in [-0.3, -0.25) is 0 Å². The molecule has 0 aliphatic heterocycles. The number of hydrogen-bond acceptors (Lipinski definition) is 2. The van der Waals surface area contributed by atoms with Gasteiger partial charge in [0, 0.05) is 0 Å². The molecule has 0 bridgehead atoms. The van der Waals surface area contributed by atoms with Gasteiger partial charge >= 0.3 is 14.0 Å². The van der Waals surface area contributed by atoms with E-state index in [2.05, 4.69) is 0 Å². The van der Waals surface area contributed by atoms with E-state index >= 15 is 0 Å². The summed E-state index contributed by atoms with van der Waals surface area (Å²) in [6, 6.07) is 6.85. The number of rotatable bonds is 6. The van der Waals surface area contributed by atoms with Crippen molar-refractivity contribution < 1.29 is 19.4 Å². The molecule has 0 heterocycles. The van der Waals surface area contributed by atoms with Gasteiger partial charge < -0.3 is 5.11 Å². The molecule has 5 heteroatoms. The average molecular weight is 241 g/mol. The molecule has 4 nitrogen and oxygen atoms in total. The lowest BCUT2D eigenvalue weighted by Crippen LogP contribution is -2.02. The molecule has 1 unspecified atom stereocenters. The fourth-order valence-electron chi connectivity index (χ4n) is 1.51. The number of carbonyl (C=O) groups is 1. The molecule has 0 saturated heterocycles. The van der Waals surface area contributed by atoms with E-state index in [-0.39, 0.29) is 6.16 Å². The van der Waals surface area contributed by atoms with E-state index in [9.17, 15) is 9.36 Å². The quantitative estimate of drug-likeness (QED) is 0.592. The van der Waals surface area contributed by atoms with Gasteiger partial charge in [0.15, 0.2) is 6.16 Å². The third-order valence-electron chi connectivity index (χ3n) is 2.29. The predicted molar refractivity (Wildman–Crippen MR) is 61.0 cm³/mol. The van der Waals surface area contributed by atoms with Gasteiger partial charge in [-0.2, -0.15) is 4.89 Å². The molecule has 86 valence electrons. The van der Waals surface area contributed by atoms with Gasteiger partial charge in [0.1, 0.15) is 0 Å². The maximum atomic E-state index is 10.9. The van der Waals surface area contributed by atoms with Gasteiger partial charge in [0.2, 0.25) is 0 Å². The summed E-state index contributed by atoms with van der Waals surface area (Å²) >= 11 is 0. The molecule has 2 N–H and O–H groups in total. The molecule has 0 amide bonds. The van der Waals surface area contributed by atoms with E-state index in [0.29, 0.717) is 18.4 Å². The number of hydrogen-bond donors (Lipinski definition) is 2. The van der Waals surface area contributed by atoms with E-state index in [0.717, 1.165) is 12.0 Å². The topological polar surface area (TPSA) is 74.6 Å². The van der Waals surface area contributed by atoms with E-state index < -0.39 is 14.0 Å². The van der Waals surface area contributed by atoms with Crippen molar-refractivity contribution in [2.75, 3.05) is 6.16 Å². The van der Waals surface area contributed by atoms with Crippen LogP contribution in [-0.4, -0.2) is 22.1 Å². The summed E-state index contributed by atoms with van der Waals surface area (Å²) in [5, 5.41) is 8.92. The molecule has 16 heavy (non-hydrogen) atoms. The minimum Gasteiger partial charge on any atom is -0.478 e. The molecule has 0 aliphatic rings. The van der Waals surface area contributed by atoms with Crippen LogP contribution in [0.4, 0.5) is 0 Å². The SMILES string of the molecule is O=C(O)c1ccccc1CCCC[P+](=O)O. The number of carboxylic acids is 1. The van der Waals surface area contributed by atoms with E-state index in [4.69, 9.17) is 10.00 Å².